The molecule has 1 N–H and O–H groups in total. The molecule has 0 spiro atoms. The van der Waals surface area contributed by atoms with Crippen LogP contribution in [0.3, 0.4) is 0 Å². The lowest BCUT2D eigenvalue weighted by molar-refractivity contribution is 0.209. The number of aryl methyl sites for hydroxylation is 1. The van der Waals surface area contributed by atoms with E-state index in [1.165, 1.54) is 6.26 Å². The van der Waals surface area contributed by atoms with Crippen molar-refractivity contribution in [1.29, 1.82) is 0 Å². The lowest BCUT2D eigenvalue weighted by Crippen LogP contribution is -2.64. The standard InChI is InChI=1S/C20H22ClN5O2S/c1-25-18-6-4-3-5-17(18)23-20(25)15-10-19(22-11-16(15)21)26-13-7-12(8-14(26)9-13)24-29(2,27)28/h3-6,10-14,24H,7-9H2,1-2H3/t12?,13-,14?/m1/s1. The zero-order chi connectivity index (χ0) is 20.3. The second-order valence-corrected chi connectivity index (χ2v) is 10.2. The number of nitrogens with one attached hydrogen (secondary N) is 1. The van der Waals surface area contributed by atoms with Crippen LogP contribution in [-0.4, -0.2) is 47.3 Å². The van der Waals surface area contributed by atoms with E-state index < -0.39 is 10.0 Å². The molecule has 7 nitrogen and oxygen atoms in total. The van der Waals surface area contributed by atoms with Gasteiger partial charge in [0.05, 0.1) is 22.3 Å². The van der Waals surface area contributed by atoms with E-state index in [-0.39, 0.29) is 18.1 Å². The van der Waals surface area contributed by atoms with E-state index in [0.717, 1.165) is 47.5 Å². The van der Waals surface area contributed by atoms with Crippen molar-refractivity contribution >= 4 is 38.5 Å². The zero-order valence-electron chi connectivity index (χ0n) is 16.2. The van der Waals surface area contributed by atoms with Crippen molar-refractivity contribution < 1.29 is 8.42 Å². The fourth-order valence-corrected chi connectivity index (χ4v) is 5.76. The molecule has 5 rings (SSSR count). The summed E-state index contributed by atoms with van der Waals surface area (Å²) in [6.07, 6.45) is 5.54. The number of halogens is 1. The number of rotatable bonds is 4. The van der Waals surface area contributed by atoms with E-state index >= 15 is 0 Å². The number of imidazole rings is 1. The molecule has 152 valence electrons. The number of nitrogens with zero attached hydrogens (tertiary/aromatic N) is 4. The van der Waals surface area contributed by atoms with Crippen LogP contribution in [0.15, 0.2) is 36.5 Å². The third-order valence-electron chi connectivity index (χ3n) is 5.96. The summed E-state index contributed by atoms with van der Waals surface area (Å²) < 4.78 is 27.9. The Labute approximate surface area is 174 Å². The Kier molecular flexibility index (Phi) is 4.34. The number of piperidine rings is 1. The highest BCUT2D eigenvalue weighted by Gasteiger charge is 2.46. The average Bonchev–Trinajstić information content (AvgIpc) is 2.99. The number of fused-ring (bicyclic) bond motifs is 3. The molecule has 2 fully saturated rings. The van der Waals surface area contributed by atoms with E-state index in [1.807, 2.05) is 41.9 Å². The highest BCUT2D eigenvalue weighted by atomic mass is 35.5. The monoisotopic (exact) mass is 431 g/mol. The van der Waals surface area contributed by atoms with Crippen LogP contribution in [0.4, 0.5) is 5.82 Å². The summed E-state index contributed by atoms with van der Waals surface area (Å²) in [7, 11) is -1.20. The second kappa shape index (κ2) is 6.68. The van der Waals surface area contributed by atoms with E-state index in [9.17, 15) is 8.42 Å². The predicted octanol–water partition coefficient (Wildman–Crippen LogP) is 2.95. The van der Waals surface area contributed by atoms with Gasteiger partial charge in [-0.1, -0.05) is 23.7 Å². The molecule has 2 aliphatic rings. The van der Waals surface area contributed by atoms with Crippen molar-refractivity contribution in [1.82, 2.24) is 19.3 Å². The maximum Gasteiger partial charge on any atom is 0.208 e. The zero-order valence-corrected chi connectivity index (χ0v) is 17.8. The third-order valence-corrected chi connectivity index (χ3v) is 7.02. The molecule has 2 bridgehead atoms. The van der Waals surface area contributed by atoms with Gasteiger partial charge < -0.3 is 9.47 Å². The molecule has 9 heteroatoms. The summed E-state index contributed by atoms with van der Waals surface area (Å²) in [5.74, 6) is 1.68. The quantitative estimate of drug-likeness (QED) is 0.687. The number of aromatic nitrogens is 3. The van der Waals surface area contributed by atoms with Crippen molar-refractivity contribution in [2.24, 2.45) is 7.05 Å². The molecule has 3 atom stereocenters. The molecule has 2 aliphatic heterocycles. The first-order valence-corrected chi connectivity index (χ1v) is 11.9. The van der Waals surface area contributed by atoms with Crippen molar-refractivity contribution in [2.75, 3.05) is 11.2 Å². The van der Waals surface area contributed by atoms with Gasteiger partial charge in [0.25, 0.3) is 0 Å². The first kappa shape index (κ1) is 18.8. The SMILES string of the molecule is Cn1c(-c2cc(N3C4CC(NS(C)(=O)=O)C[C@@H]3C4)ncc2Cl)nc2ccccc21. The van der Waals surface area contributed by atoms with Gasteiger partial charge in [0.15, 0.2) is 0 Å². The number of benzene rings is 1. The molecular formula is C20H22ClN5O2S. The van der Waals surface area contributed by atoms with Crippen LogP contribution in [0.25, 0.3) is 22.4 Å². The van der Waals surface area contributed by atoms with Gasteiger partial charge in [0.2, 0.25) is 10.0 Å². The maximum absolute atomic E-state index is 11.6. The Morgan fingerprint density at radius 1 is 1.17 bits per heavy atom. The largest absolute Gasteiger partial charge is 0.350 e. The molecule has 0 radical (unpaired) electrons. The average molecular weight is 432 g/mol. The molecule has 0 amide bonds. The fraction of sp³-hybridized carbons (Fsp3) is 0.400. The minimum Gasteiger partial charge on any atom is -0.350 e. The molecule has 2 unspecified atom stereocenters. The normalized spacial score (nSPS) is 24.0. The molecule has 29 heavy (non-hydrogen) atoms. The van der Waals surface area contributed by atoms with Gasteiger partial charge in [0, 0.05) is 36.9 Å². The lowest BCUT2D eigenvalue weighted by Gasteiger charge is -2.56. The van der Waals surface area contributed by atoms with Gasteiger partial charge in [-0.05, 0) is 37.5 Å². The Hall–Kier alpha value is -2.16. The smallest absolute Gasteiger partial charge is 0.208 e. The minimum absolute atomic E-state index is 0.00314. The number of sulfonamides is 1. The summed E-state index contributed by atoms with van der Waals surface area (Å²) in [6, 6.07) is 10.6. The number of hydrogen-bond donors (Lipinski definition) is 1. The van der Waals surface area contributed by atoms with Gasteiger partial charge in [-0.3, -0.25) is 0 Å². The molecular weight excluding hydrogens is 410 g/mol. The van der Waals surface area contributed by atoms with Crippen LogP contribution in [0.2, 0.25) is 5.02 Å². The van der Waals surface area contributed by atoms with Crippen LogP contribution < -0.4 is 9.62 Å². The summed E-state index contributed by atoms with van der Waals surface area (Å²) in [6.45, 7) is 0. The second-order valence-electron chi connectivity index (χ2n) is 8.01. The molecule has 0 aliphatic carbocycles. The molecule has 3 aromatic rings. The van der Waals surface area contributed by atoms with E-state index in [2.05, 4.69) is 14.6 Å². The number of para-hydroxylation sites is 2. The topological polar surface area (TPSA) is 80.1 Å². The number of pyridine rings is 1. The Balaban J connectivity index is 1.46. The van der Waals surface area contributed by atoms with E-state index in [4.69, 9.17) is 16.6 Å². The van der Waals surface area contributed by atoms with E-state index in [1.54, 1.807) is 6.20 Å². The summed E-state index contributed by atoms with van der Waals surface area (Å²) in [5.41, 5.74) is 2.83. The molecule has 1 aromatic carbocycles. The van der Waals surface area contributed by atoms with Gasteiger partial charge in [-0.25, -0.2) is 23.1 Å². The van der Waals surface area contributed by atoms with Crippen LogP contribution in [0, 0.1) is 0 Å². The minimum atomic E-state index is -3.19. The van der Waals surface area contributed by atoms with E-state index in [0.29, 0.717) is 5.02 Å². The fourth-order valence-electron chi connectivity index (χ4n) is 4.77. The number of hydrogen-bond acceptors (Lipinski definition) is 5. The summed E-state index contributed by atoms with van der Waals surface area (Å²) in [4.78, 5) is 11.6. The van der Waals surface area contributed by atoms with Crippen molar-refractivity contribution in [3.8, 4) is 11.4 Å². The Morgan fingerprint density at radius 3 is 2.59 bits per heavy atom. The van der Waals surface area contributed by atoms with Gasteiger partial charge >= 0.3 is 0 Å². The number of anilines is 1. The third kappa shape index (κ3) is 3.29. The highest BCUT2D eigenvalue weighted by Crippen LogP contribution is 2.43. The maximum atomic E-state index is 11.6. The summed E-state index contributed by atoms with van der Waals surface area (Å²) in [5, 5.41) is 0.564. The molecule has 4 heterocycles. The first-order valence-electron chi connectivity index (χ1n) is 9.63. The Bertz CT molecular complexity index is 1200. The highest BCUT2D eigenvalue weighted by molar-refractivity contribution is 7.88. The van der Waals surface area contributed by atoms with Gasteiger partial charge in [-0.2, -0.15) is 0 Å². The van der Waals surface area contributed by atoms with Crippen molar-refractivity contribution in [2.45, 2.75) is 37.4 Å². The predicted molar refractivity (Wildman–Crippen MR) is 115 cm³/mol. The summed E-state index contributed by atoms with van der Waals surface area (Å²) >= 11 is 6.50. The van der Waals surface area contributed by atoms with Crippen molar-refractivity contribution in [3.63, 3.8) is 0 Å². The van der Waals surface area contributed by atoms with Crippen LogP contribution in [0.1, 0.15) is 19.3 Å². The van der Waals surface area contributed by atoms with Crippen LogP contribution in [-0.2, 0) is 17.1 Å². The molecule has 0 saturated carbocycles. The first-order chi connectivity index (χ1) is 13.8. The lowest BCUT2D eigenvalue weighted by atomic mass is 9.77. The van der Waals surface area contributed by atoms with Gasteiger partial charge in [-0.15, -0.1) is 0 Å². The molecule has 2 saturated heterocycles. The van der Waals surface area contributed by atoms with Crippen LogP contribution >= 0.6 is 11.6 Å². The van der Waals surface area contributed by atoms with Crippen LogP contribution in [0.5, 0.6) is 0 Å². The molecule has 2 aromatic heterocycles. The Morgan fingerprint density at radius 2 is 1.90 bits per heavy atom. The van der Waals surface area contributed by atoms with Crippen molar-refractivity contribution in [3.05, 3.63) is 41.6 Å². The van der Waals surface area contributed by atoms with Gasteiger partial charge in [0.1, 0.15) is 11.6 Å².